The number of hydrogen-bond donors (Lipinski definition) is 0. The minimum Gasteiger partial charge on any atom is -0.497 e. The molecule has 0 bridgehead atoms. The molecular formula is C19H18N2O5. The highest BCUT2D eigenvalue weighted by Crippen LogP contribution is 2.24. The van der Waals surface area contributed by atoms with Crippen molar-refractivity contribution in [2.45, 2.75) is 13.0 Å². The normalized spacial score (nSPS) is 11.6. The summed E-state index contributed by atoms with van der Waals surface area (Å²) in [5.41, 5.74) is 0.746. The number of carbonyl (C=O) groups is 1. The van der Waals surface area contributed by atoms with E-state index >= 15 is 0 Å². The van der Waals surface area contributed by atoms with Gasteiger partial charge in [-0.25, -0.2) is 4.79 Å². The molecule has 0 N–H and O–H groups in total. The molecule has 2 aromatic carbocycles. The van der Waals surface area contributed by atoms with Crippen LogP contribution in [0.2, 0.25) is 0 Å². The van der Waals surface area contributed by atoms with E-state index in [1.165, 1.54) is 0 Å². The first-order valence-corrected chi connectivity index (χ1v) is 8.01. The molecule has 0 spiro atoms. The molecule has 0 aliphatic carbocycles. The fourth-order valence-corrected chi connectivity index (χ4v) is 2.19. The monoisotopic (exact) mass is 354 g/mol. The van der Waals surface area contributed by atoms with Crippen molar-refractivity contribution < 1.29 is 23.4 Å². The van der Waals surface area contributed by atoms with Crippen LogP contribution in [0.3, 0.4) is 0 Å². The Hall–Kier alpha value is -3.35. The zero-order valence-corrected chi connectivity index (χ0v) is 14.4. The predicted molar refractivity (Wildman–Crippen MR) is 92.7 cm³/mol. The Morgan fingerprint density at radius 2 is 1.77 bits per heavy atom. The summed E-state index contributed by atoms with van der Waals surface area (Å²) in [6.07, 6.45) is -0.679. The van der Waals surface area contributed by atoms with Gasteiger partial charge >= 0.3 is 5.97 Å². The van der Waals surface area contributed by atoms with Crippen molar-refractivity contribution in [2.75, 3.05) is 13.7 Å². The summed E-state index contributed by atoms with van der Waals surface area (Å²) < 4.78 is 21.3. The summed E-state index contributed by atoms with van der Waals surface area (Å²) in [6, 6.07) is 16.2. The predicted octanol–water partition coefficient (Wildman–Crippen LogP) is 3.43. The molecular weight excluding hydrogens is 336 g/mol. The minimum atomic E-state index is -0.679. The van der Waals surface area contributed by atoms with Crippen LogP contribution in [0.5, 0.6) is 11.5 Å². The number of hydrogen-bond acceptors (Lipinski definition) is 7. The first-order chi connectivity index (χ1) is 12.7. The highest BCUT2D eigenvalue weighted by molar-refractivity contribution is 5.71. The van der Waals surface area contributed by atoms with Gasteiger partial charge < -0.3 is 18.6 Å². The number of carbonyl (C=O) groups excluding carboxylic acids is 1. The molecule has 0 saturated carbocycles. The van der Waals surface area contributed by atoms with Crippen LogP contribution >= 0.6 is 0 Å². The molecule has 7 heteroatoms. The molecule has 1 heterocycles. The van der Waals surface area contributed by atoms with E-state index in [0.717, 1.165) is 11.3 Å². The Balaban J connectivity index is 1.57. The maximum Gasteiger partial charge on any atom is 0.344 e. The molecule has 0 saturated heterocycles. The fourth-order valence-electron chi connectivity index (χ4n) is 2.19. The molecule has 0 aliphatic heterocycles. The third kappa shape index (κ3) is 4.38. The van der Waals surface area contributed by atoms with Crippen molar-refractivity contribution in [3.8, 4) is 23.0 Å². The summed E-state index contributed by atoms with van der Waals surface area (Å²) in [6.45, 7) is 1.46. The Morgan fingerprint density at radius 3 is 2.46 bits per heavy atom. The number of methoxy groups -OCH3 is 1. The van der Waals surface area contributed by atoms with Crippen molar-refractivity contribution in [1.29, 1.82) is 0 Å². The standard InChI is InChI=1S/C19H18N2O5/c1-13(25-17(22)12-24-16-6-4-3-5-7-16)18-20-21-19(26-18)14-8-10-15(23-2)11-9-14/h3-11,13H,12H2,1-2H3/t13-/m0/s1. The van der Waals surface area contributed by atoms with Crippen LogP contribution in [-0.4, -0.2) is 29.9 Å². The van der Waals surface area contributed by atoms with Crippen molar-refractivity contribution in [3.63, 3.8) is 0 Å². The molecule has 1 atom stereocenters. The van der Waals surface area contributed by atoms with Gasteiger partial charge in [0.25, 0.3) is 5.89 Å². The van der Waals surface area contributed by atoms with Gasteiger partial charge in [0.2, 0.25) is 5.89 Å². The first-order valence-electron chi connectivity index (χ1n) is 8.01. The van der Waals surface area contributed by atoms with Crippen molar-refractivity contribution in [2.24, 2.45) is 0 Å². The summed E-state index contributed by atoms with van der Waals surface area (Å²) >= 11 is 0. The number of esters is 1. The van der Waals surface area contributed by atoms with E-state index in [9.17, 15) is 4.79 Å². The van der Waals surface area contributed by atoms with Gasteiger partial charge in [0.1, 0.15) is 11.5 Å². The van der Waals surface area contributed by atoms with Gasteiger partial charge in [-0.2, -0.15) is 0 Å². The molecule has 0 radical (unpaired) electrons. The van der Waals surface area contributed by atoms with Crippen LogP contribution in [0, 0.1) is 0 Å². The van der Waals surface area contributed by atoms with Gasteiger partial charge in [-0.3, -0.25) is 0 Å². The smallest absolute Gasteiger partial charge is 0.344 e. The third-order valence-electron chi connectivity index (χ3n) is 3.53. The summed E-state index contributed by atoms with van der Waals surface area (Å²) in [5, 5.41) is 7.92. The number of aromatic nitrogens is 2. The Kier molecular flexibility index (Phi) is 5.48. The van der Waals surface area contributed by atoms with Gasteiger partial charge in [0.05, 0.1) is 7.11 Å². The Labute approximate surface area is 150 Å². The van der Waals surface area contributed by atoms with Gasteiger partial charge in [-0.1, -0.05) is 18.2 Å². The van der Waals surface area contributed by atoms with Gasteiger partial charge in [-0.15, -0.1) is 10.2 Å². The number of ether oxygens (including phenoxy) is 3. The second-order valence-electron chi connectivity index (χ2n) is 5.41. The largest absolute Gasteiger partial charge is 0.497 e. The zero-order chi connectivity index (χ0) is 18.4. The molecule has 1 aromatic heterocycles. The molecule has 0 aliphatic rings. The molecule has 7 nitrogen and oxygen atoms in total. The van der Waals surface area contributed by atoms with Crippen LogP contribution < -0.4 is 9.47 Å². The molecule has 0 fully saturated rings. The topological polar surface area (TPSA) is 83.7 Å². The molecule has 0 amide bonds. The summed E-state index contributed by atoms with van der Waals surface area (Å²) in [7, 11) is 1.59. The van der Waals surface area contributed by atoms with E-state index in [0.29, 0.717) is 11.6 Å². The van der Waals surface area contributed by atoms with Gasteiger partial charge in [0.15, 0.2) is 12.7 Å². The minimum absolute atomic E-state index is 0.201. The van der Waals surface area contributed by atoms with Crippen LogP contribution in [0.15, 0.2) is 59.0 Å². The molecule has 134 valence electrons. The van der Waals surface area contributed by atoms with E-state index in [4.69, 9.17) is 18.6 Å². The van der Waals surface area contributed by atoms with Crippen molar-refractivity contribution in [3.05, 3.63) is 60.5 Å². The molecule has 3 rings (SSSR count). The SMILES string of the molecule is COc1ccc(-c2nnc([C@H](C)OC(=O)COc3ccccc3)o2)cc1. The highest BCUT2D eigenvalue weighted by Gasteiger charge is 2.19. The van der Waals surface area contributed by atoms with Crippen molar-refractivity contribution in [1.82, 2.24) is 10.2 Å². The van der Waals surface area contributed by atoms with Crippen molar-refractivity contribution >= 4 is 5.97 Å². The number of nitrogens with zero attached hydrogens (tertiary/aromatic N) is 2. The maximum atomic E-state index is 11.9. The second-order valence-corrected chi connectivity index (χ2v) is 5.41. The highest BCUT2D eigenvalue weighted by atomic mass is 16.6. The first kappa shape index (κ1) is 17.5. The molecule has 26 heavy (non-hydrogen) atoms. The van der Waals surface area contributed by atoms with Gasteiger partial charge in [-0.05, 0) is 43.3 Å². The van der Waals surface area contributed by atoms with Crippen LogP contribution in [-0.2, 0) is 9.53 Å². The summed E-state index contributed by atoms with van der Waals surface area (Å²) in [4.78, 5) is 11.9. The van der Waals surface area contributed by atoms with Gasteiger partial charge in [0, 0.05) is 5.56 Å². The average molecular weight is 354 g/mol. The van der Waals surface area contributed by atoms with Crippen LogP contribution in [0.25, 0.3) is 11.5 Å². The molecule has 3 aromatic rings. The van der Waals surface area contributed by atoms with Crippen LogP contribution in [0.4, 0.5) is 0 Å². The number of para-hydroxylation sites is 1. The van der Waals surface area contributed by atoms with E-state index < -0.39 is 12.1 Å². The van der Waals surface area contributed by atoms with E-state index in [2.05, 4.69) is 10.2 Å². The lowest BCUT2D eigenvalue weighted by Gasteiger charge is -2.10. The zero-order valence-electron chi connectivity index (χ0n) is 14.4. The number of benzene rings is 2. The lowest BCUT2D eigenvalue weighted by atomic mass is 10.2. The molecule has 0 unspecified atom stereocenters. The number of rotatable bonds is 7. The average Bonchev–Trinajstić information content (AvgIpc) is 3.18. The van der Waals surface area contributed by atoms with Crippen LogP contribution in [0.1, 0.15) is 18.9 Å². The second kappa shape index (κ2) is 8.15. The van der Waals surface area contributed by atoms with E-state index in [1.54, 1.807) is 50.4 Å². The maximum absolute atomic E-state index is 11.9. The lowest BCUT2D eigenvalue weighted by Crippen LogP contribution is -2.17. The Morgan fingerprint density at radius 1 is 1.04 bits per heavy atom. The fraction of sp³-hybridized carbons (Fsp3) is 0.211. The lowest BCUT2D eigenvalue weighted by molar-refractivity contribution is -0.152. The third-order valence-corrected chi connectivity index (χ3v) is 3.53. The van der Waals surface area contributed by atoms with E-state index in [-0.39, 0.29) is 12.5 Å². The Bertz CT molecular complexity index is 846. The van der Waals surface area contributed by atoms with E-state index in [1.807, 2.05) is 18.2 Å². The summed E-state index contributed by atoms with van der Waals surface area (Å²) in [5.74, 6) is 1.35. The quantitative estimate of drug-likeness (QED) is 0.601.